The maximum atomic E-state index is 8.75. The molecule has 0 aromatic heterocycles. The fourth-order valence-electron chi connectivity index (χ4n) is 1.16. The third kappa shape index (κ3) is 3.41. The highest BCUT2D eigenvalue weighted by molar-refractivity contribution is 9.10. The summed E-state index contributed by atoms with van der Waals surface area (Å²) in [6.45, 7) is 5.62. The summed E-state index contributed by atoms with van der Waals surface area (Å²) in [6, 6.07) is 7.36. The van der Waals surface area contributed by atoms with Gasteiger partial charge in [0, 0.05) is 6.42 Å². The molecule has 0 bridgehead atoms. The number of benzene rings is 1. The van der Waals surface area contributed by atoms with E-state index in [4.69, 9.17) is 10.00 Å². The lowest BCUT2D eigenvalue weighted by Gasteiger charge is -2.14. The molecule has 0 amide bonds. The number of halogens is 1. The lowest BCUT2D eigenvalue weighted by atomic mass is 10.2. The highest BCUT2D eigenvalue weighted by Crippen LogP contribution is 2.27. The van der Waals surface area contributed by atoms with Gasteiger partial charge in [0.1, 0.15) is 5.75 Å². The smallest absolute Gasteiger partial charge is 0.135 e. The molecule has 0 fully saturated rings. The van der Waals surface area contributed by atoms with Crippen LogP contribution in [-0.4, -0.2) is 6.10 Å². The largest absolute Gasteiger partial charge is 0.489 e. The summed E-state index contributed by atoms with van der Waals surface area (Å²) in [6.07, 6.45) is 2.66. The first-order valence-electron chi connectivity index (χ1n) is 4.64. The molecule has 1 aromatic carbocycles. The predicted molar refractivity (Wildman–Crippen MR) is 63.8 cm³/mol. The van der Waals surface area contributed by atoms with Crippen LogP contribution in [0.2, 0.25) is 0 Å². The second-order valence-corrected chi connectivity index (χ2v) is 4.06. The quantitative estimate of drug-likeness (QED) is 0.779. The molecule has 0 aliphatic heterocycles. The first kappa shape index (κ1) is 11.8. The van der Waals surface area contributed by atoms with Crippen LogP contribution >= 0.6 is 15.9 Å². The third-order valence-corrected chi connectivity index (χ3v) is 2.54. The number of ether oxygens (including phenoxy) is 1. The molecule has 2 nitrogen and oxygen atoms in total. The molecular weight excluding hydrogens is 254 g/mol. The highest BCUT2D eigenvalue weighted by Gasteiger charge is 2.06. The van der Waals surface area contributed by atoms with Gasteiger partial charge in [0.25, 0.3) is 0 Å². The van der Waals surface area contributed by atoms with Crippen molar-refractivity contribution >= 4 is 15.9 Å². The minimum absolute atomic E-state index is 0.0627. The summed E-state index contributed by atoms with van der Waals surface area (Å²) >= 11 is 3.38. The molecule has 0 spiro atoms. The molecule has 15 heavy (non-hydrogen) atoms. The van der Waals surface area contributed by atoms with Crippen LogP contribution in [0.15, 0.2) is 35.3 Å². The fraction of sp³-hybridized carbons (Fsp3) is 0.250. The maximum absolute atomic E-state index is 8.75. The van der Waals surface area contributed by atoms with E-state index < -0.39 is 0 Å². The van der Waals surface area contributed by atoms with E-state index in [1.165, 1.54) is 0 Å². The number of hydrogen-bond acceptors (Lipinski definition) is 2. The van der Waals surface area contributed by atoms with Gasteiger partial charge in [-0.2, -0.15) is 5.26 Å². The van der Waals surface area contributed by atoms with Crippen molar-refractivity contribution in [3.8, 4) is 11.8 Å². The summed E-state index contributed by atoms with van der Waals surface area (Å²) < 4.78 is 6.52. The number of nitrogens with zero attached hydrogens (tertiary/aromatic N) is 1. The van der Waals surface area contributed by atoms with Crippen LogP contribution in [0.5, 0.6) is 5.75 Å². The molecule has 0 saturated heterocycles. The van der Waals surface area contributed by atoms with Gasteiger partial charge in [0.05, 0.1) is 22.2 Å². The predicted octanol–water partition coefficient (Wildman–Crippen LogP) is 3.66. The van der Waals surface area contributed by atoms with Crippen molar-refractivity contribution in [1.29, 1.82) is 5.26 Å². The molecule has 1 rings (SSSR count). The van der Waals surface area contributed by atoms with E-state index in [1.54, 1.807) is 12.1 Å². The van der Waals surface area contributed by atoms with Gasteiger partial charge in [-0.05, 0) is 41.1 Å². The minimum Gasteiger partial charge on any atom is -0.489 e. The van der Waals surface area contributed by atoms with Gasteiger partial charge in [-0.25, -0.2) is 0 Å². The van der Waals surface area contributed by atoms with E-state index in [9.17, 15) is 0 Å². The van der Waals surface area contributed by atoms with Gasteiger partial charge in [-0.3, -0.25) is 0 Å². The number of nitriles is 1. The van der Waals surface area contributed by atoms with Crippen molar-refractivity contribution in [3.63, 3.8) is 0 Å². The molecule has 0 unspecified atom stereocenters. The Kier molecular flexibility index (Phi) is 4.38. The summed E-state index contributed by atoms with van der Waals surface area (Å²) in [7, 11) is 0. The average molecular weight is 266 g/mol. The van der Waals surface area contributed by atoms with Crippen LogP contribution in [-0.2, 0) is 0 Å². The standard InChI is InChI=1S/C12H12BrNO/c1-3-4-9(2)15-12-7-10(8-14)5-6-11(12)13/h3,5-7,9H,1,4H2,2H3/t9-/m0/s1. The lowest BCUT2D eigenvalue weighted by Crippen LogP contribution is -2.10. The van der Waals surface area contributed by atoms with Crippen LogP contribution in [0.1, 0.15) is 18.9 Å². The Bertz CT molecular complexity index is 395. The van der Waals surface area contributed by atoms with E-state index in [1.807, 2.05) is 19.1 Å². The van der Waals surface area contributed by atoms with Gasteiger partial charge in [-0.1, -0.05) is 6.08 Å². The Morgan fingerprint density at radius 2 is 2.40 bits per heavy atom. The minimum atomic E-state index is 0.0627. The summed E-state index contributed by atoms with van der Waals surface area (Å²) in [5, 5.41) is 8.75. The summed E-state index contributed by atoms with van der Waals surface area (Å²) in [5.74, 6) is 0.698. The van der Waals surface area contributed by atoms with Crippen molar-refractivity contribution in [2.45, 2.75) is 19.4 Å². The van der Waals surface area contributed by atoms with Crippen molar-refractivity contribution < 1.29 is 4.74 Å². The first-order valence-corrected chi connectivity index (χ1v) is 5.44. The zero-order valence-corrected chi connectivity index (χ0v) is 10.1. The van der Waals surface area contributed by atoms with Crippen LogP contribution in [0, 0.1) is 11.3 Å². The molecule has 0 aliphatic carbocycles. The molecule has 0 radical (unpaired) electrons. The molecular formula is C12H12BrNO. The molecule has 0 aliphatic rings. The second kappa shape index (κ2) is 5.57. The van der Waals surface area contributed by atoms with Crippen molar-refractivity contribution in [3.05, 3.63) is 40.9 Å². The third-order valence-electron chi connectivity index (χ3n) is 1.89. The van der Waals surface area contributed by atoms with Crippen LogP contribution < -0.4 is 4.74 Å². The molecule has 0 saturated carbocycles. The highest BCUT2D eigenvalue weighted by atomic mass is 79.9. The van der Waals surface area contributed by atoms with E-state index in [0.717, 1.165) is 10.9 Å². The average Bonchev–Trinajstić information content (AvgIpc) is 2.21. The van der Waals surface area contributed by atoms with Crippen molar-refractivity contribution in [2.75, 3.05) is 0 Å². The molecule has 78 valence electrons. The van der Waals surface area contributed by atoms with E-state index in [2.05, 4.69) is 28.6 Å². The van der Waals surface area contributed by atoms with Crippen molar-refractivity contribution in [2.24, 2.45) is 0 Å². The van der Waals surface area contributed by atoms with E-state index in [0.29, 0.717) is 11.3 Å². The second-order valence-electron chi connectivity index (χ2n) is 3.21. The van der Waals surface area contributed by atoms with E-state index in [-0.39, 0.29) is 6.10 Å². The topological polar surface area (TPSA) is 33.0 Å². The normalized spacial score (nSPS) is 11.5. The molecule has 1 aromatic rings. The lowest BCUT2D eigenvalue weighted by molar-refractivity contribution is 0.224. The number of rotatable bonds is 4. The number of hydrogen-bond donors (Lipinski definition) is 0. The first-order chi connectivity index (χ1) is 7.17. The van der Waals surface area contributed by atoms with Gasteiger partial charge >= 0.3 is 0 Å². The maximum Gasteiger partial charge on any atom is 0.135 e. The van der Waals surface area contributed by atoms with E-state index >= 15 is 0 Å². The Morgan fingerprint density at radius 1 is 1.67 bits per heavy atom. The Labute approximate surface area is 98.3 Å². The van der Waals surface area contributed by atoms with Gasteiger partial charge in [0.2, 0.25) is 0 Å². The Hall–Kier alpha value is -1.27. The Balaban J connectivity index is 2.84. The SMILES string of the molecule is C=CC[C@H](C)Oc1cc(C#N)ccc1Br. The van der Waals surface area contributed by atoms with Crippen LogP contribution in [0.3, 0.4) is 0 Å². The van der Waals surface area contributed by atoms with Gasteiger partial charge < -0.3 is 4.74 Å². The summed E-state index contributed by atoms with van der Waals surface area (Å²) in [5.41, 5.74) is 0.596. The monoisotopic (exact) mass is 265 g/mol. The van der Waals surface area contributed by atoms with Crippen LogP contribution in [0.4, 0.5) is 0 Å². The van der Waals surface area contributed by atoms with Crippen molar-refractivity contribution in [1.82, 2.24) is 0 Å². The summed E-state index contributed by atoms with van der Waals surface area (Å²) in [4.78, 5) is 0. The van der Waals surface area contributed by atoms with Crippen LogP contribution in [0.25, 0.3) is 0 Å². The van der Waals surface area contributed by atoms with Gasteiger partial charge in [-0.15, -0.1) is 6.58 Å². The molecule has 0 N–H and O–H groups in total. The molecule has 0 heterocycles. The zero-order chi connectivity index (χ0) is 11.3. The molecule has 1 atom stereocenters. The van der Waals surface area contributed by atoms with Gasteiger partial charge in [0.15, 0.2) is 0 Å². The Morgan fingerprint density at radius 3 is 3.00 bits per heavy atom. The fourth-order valence-corrected chi connectivity index (χ4v) is 1.50. The zero-order valence-electron chi connectivity index (χ0n) is 8.53. The molecule has 3 heteroatoms.